The van der Waals surface area contributed by atoms with Crippen LogP contribution in [0.2, 0.25) is 5.02 Å². The minimum atomic E-state index is -0.944. The maximum absolute atomic E-state index is 14.0. The fraction of sp³-hybridized carbons (Fsp3) is 0.190. The van der Waals surface area contributed by atoms with Crippen molar-refractivity contribution >= 4 is 28.9 Å². The summed E-state index contributed by atoms with van der Waals surface area (Å²) in [5, 5.41) is 6.48. The van der Waals surface area contributed by atoms with Crippen molar-refractivity contribution in [3.05, 3.63) is 81.2 Å². The predicted molar refractivity (Wildman–Crippen MR) is 110 cm³/mol. The van der Waals surface area contributed by atoms with Crippen molar-refractivity contribution in [3.8, 4) is 5.69 Å². The molecule has 1 amide bonds. The number of halogens is 3. The zero-order valence-electron chi connectivity index (χ0n) is 15.7. The highest BCUT2D eigenvalue weighted by molar-refractivity contribution is 6.33. The third kappa shape index (κ3) is 3.78. The molecule has 30 heavy (non-hydrogen) atoms. The lowest BCUT2D eigenvalue weighted by molar-refractivity contribution is -0.117. The number of rotatable bonds is 4. The molecule has 1 aliphatic heterocycles. The molecule has 1 N–H and O–H groups in total. The van der Waals surface area contributed by atoms with E-state index < -0.39 is 17.2 Å². The standard InChI is InChI=1S/C21H17ClF2N4O2/c22-20-16(11-26-28(21(20)30)18-8-7-14(23)10-15(18)24)25-12-19(29)27-9-3-5-13-4-1-2-6-17(13)27/h1-2,4,6-8,10-11,25H,3,5,9,12H2. The van der Waals surface area contributed by atoms with Crippen molar-refractivity contribution in [2.24, 2.45) is 0 Å². The van der Waals surface area contributed by atoms with E-state index in [4.69, 9.17) is 11.6 Å². The third-order valence-corrected chi connectivity index (χ3v) is 5.26. The van der Waals surface area contributed by atoms with Gasteiger partial charge in [-0.25, -0.2) is 8.78 Å². The fourth-order valence-electron chi connectivity index (χ4n) is 3.44. The van der Waals surface area contributed by atoms with Crippen molar-refractivity contribution in [2.75, 3.05) is 23.3 Å². The van der Waals surface area contributed by atoms with Gasteiger partial charge in [-0.3, -0.25) is 9.59 Å². The SMILES string of the molecule is O=C(CNc1cnn(-c2ccc(F)cc2F)c(=O)c1Cl)N1CCCc2ccccc21. The number of aromatic nitrogens is 2. The molecule has 6 nitrogen and oxygen atoms in total. The van der Waals surface area contributed by atoms with E-state index in [2.05, 4.69) is 10.4 Å². The summed E-state index contributed by atoms with van der Waals surface area (Å²) in [5.41, 5.74) is 1.13. The van der Waals surface area contributed by atoms with E-state index in [0.29, 0.717) is 12.6 Å². The van der Waals surface area contributed by atoms with Gasteiger partial charge in [-0.1, -0.05) is 29.8 Å². The van der Waals surface area contributed by atoms with Crippen LogP contribution in [0.25, 0.3) is 5.69 Å². The molecule has 2 aromatic carbocycles. The van der Waals surface area contributed by atoms with Crippen LogP contribution >= 0.6 is 11.6 Å². The van der Waals surface area contributed by atoms with Crippen molar-refractivity contribution in [1.82, 2.24) is 9.78 Å². The number of nitrogens with zero attached hydrogens (tertiary/aromatic N) is 3. The molecule has 0 spiro atoms. The Morgan fingerprint density at radius 1 is 1.17 bits per heavy atom. The van der Waals surface area contributed by atoms with Gasteiger partial charge in [0.2, 0.25) is 5.91 Å². The van der Waals surface area contributed by atoms with Crippen molar-refractivity contribution in [3.63, 3.8) is 0 Å². The minimum Gasteiger partial charge on any atom is -0.373 e. The Bertz CT molecular complexity index is 1180. The van der Waals surface area contributed by atoms with E-state index >= 15 is 0 Å². The number of nitrogens with one attached hydrogen (secondary N) is 1. The van der Waals surface area contributed by atoms with Gasteiger partial charge in [-0.05, 0) is 36.6 Å². The molecule has 2 heterocycles. The fourth-order valence-corrected chi connectivity index (χ4v) is 3.64. The topological polar surface area (TPSA) is 67.2 Å². The average Bonchev–Trinajstić information content (AvgIpc) is 2.75. The Hall–Kier alpha value is -3.26. The van der Waals surface area contributed by atoms with E-state index in [1.165, 1.54) is 6.20 Å². The summed E-state index contributed by atoms with van der Waals surface area (Å²) in [6.45, 7) is 0.513. The number of para-hydroxylation sites is 1. The first-order chi connectivity index (χ1) is 14.5. The van der Waals surface area contributed by atoms with Gasteiger partial charge in [-0.15, -0.1) is 0 Å². The second-order valence-corrected chi connectivity index (χ2v) is 7.19. The van der Waals surface area contributed by atoms with Crippen molar-refractivity contribution in [1.29, 1.82) is 0 Å². The highest BCUT2D eigenvalue weighted by Gasteiger charge is 2.22. The Morgan fingerprint density at radius 3 is 2.77 bits per heavy atom. The van der Waals surface area contributed by atoms with Crippen molar-refractivity contribution < 1.29 is 13.6 Å². The van der Waals surface area contributed by atoms with Crippen LogP contribution in [-0.4, -0.2) is 28.8 Å². The van der Waals surface area contributed by atoms with Crippen LogP contribution in [0, 0.1) is 11.6 Å². The largest absolute Gasteiger partial charge is 0.373 e. The number of amides is 1. The molecule has 0 bridgehead atoms. The minimum absolute atomic E-state index is 0.0932. The molecule has 0 unspecified atom stereocenters. The molecule has 4 rings (SSSR count). The number of carbonyl (C=O) groups excluding carboxylic acids is 1. The lowest BCUT2D eigenvalue weighted by atomic mass is 10.0. The summed E-state index contributed by atoms with van der Waals surface area (Å²) in [5.74, 6) is -1.89. The van der Waals surface area contributed by atoms with Gasteiger partial charge in [0, 0.05) is 18.3 Å². The molecular formula is C21H17ClF2N4O2. The molecular weight excluding hydrogens is 414 g/mol. The summed E-state index contributed by atoms with van der Waals surface area (Å²) in [6.07, 6.45) is 3.01. The van der Waals surface area contributed by atoms with Crippen molar-refractivity contribution in [2.45, 2.75) is 12.8 Å². The van der Waals surface area contributed by atoms with E-state index in [-0.39, 0.29) is 28.8 Å². The molecule has 0 fully saturated rings. The lowest BCUT2D eigenvalue weighted by Crippen LogP contribution is -2.39. The van der Waals surface area contributed by atoms with Crippen LogP contribution in [0.5, 0.6) is 0 Å². The number of hydrogen-bond acceptors (Lipinski definition) is 4. The molecule has 1 aromatic heterocycles. The molecule has 9 heteroatoms. The van der Waals surface area contributed by atoms with E-state index in [0.717, 1.165) is 40.9 Å². The lowest BCUT2D eigenvalue weighted by Gasteiger charge is -2.29. The molecule has 0 saturated carbocycles. The highest BCUT2D eigenvalue weighted by Crippen LogP contribution is 2.27. The molecule has 0 atom stereocenters. The second-order valence-electron chi connectivity index (χ2n) is 6.82. The number of aryl methyl sites for hydroxylation is 1. The number of carbonyl (C=O) groups is 1. The van der Waals surface area contributed by atoms with Gasteiger partial charge in [0.25, 0.3) is 5.56 Å². The Kier molecular flexibility index (Phi) is 5.50. The van der Waals surface area contributed by atoms with Crippen LogP contribution in [-0.2, 0) is 11.2 Å². The van der Waals surface area contributed by atoms with Gasteiger partial charge in [0.15, 0.2) is 5.82 Å². The molecule has 0 saturated heterocycles. The first-order valence-corrected chi connectivity index (χ1v) is 9.69. The maximum Gasteiger partial charge on any atom is 0.292 e. The van der Waals surface area contributed by atoms with Gasteiger partial charge < -0.3 is 10.2 Å². The smallest absolute Gasteiger partial charge is 0.292 e. The first-order valence-electron chi connectivity index (χ1n) is 9.31. The number of hydrogen-bond donors (Lipinski definition) is 1. The Morgan fingerprint density at radius 2 is 1.97 bits per heavy atom. The van der Waals surface area contributed by atoms with E-state index in [1.807, 2.05) is 24.3 Å². The highest BCUT2D eigenvalue weighted by atomic mass is 35.5. The van der Waals surface area contributed by atoms with Crippen LogP contribution in [0.3, 0.4) is 0 Å². The predicted octanol–water partition coefficient (Wildman–Crippen LogP) is 3.56. The maximum atomic E-state index is 14.0. The summed E-state index contributed by atoms with van der Waals surface area (Å²) in [4.78, 5) is 26.9. The third-order valence-electron chi connectivity index (χ3n) is 4.90. The number of anilines is 2. The van der Waals surface area contributed by atoms with Crippen LogP contribution in [0.1, 0.15) is 12.0 Å². The average molecular weight is 431 g/mol. The Labute approximate surface area is 175 Å². The van der Waals surface area contributed by atoms with Gasteiger partial charge in [0.1, 0.15) is 16.5 Å². The number of fused-ring (bicyclic) bond motifs is 1. The zero-order valence-corrected chi connectivity index (χ0v) is 16.5. The van der Waals surface area contributed by atoms with Gasteiger partial charge >= 0.3 is 0 Å². The summed E-state index contributed by atoms with van der Waals surface area (Å²) in [6, 6.07) is 10.5. The summed E-state index contributed by atoms with van der Waals surface area (Å²) >= 11 is 6.12. The van der Waals surface area contributed by atoms with Crippen LogP contribution in [0.15, 0.2) is 53.5 Å². The molecule has 3 aromatic rings. The number of benzene rings is 2. The second kappa shape index (κ2) is 8.23. The van der Waals surface area contributed by atoms with Gasteiger partial charge in [0.05, 0.1) is 18.4 Å². The normalized spacial score (nSPS) is 13.1. The summed E-state index contributed by atoms with van der Waals surface area (Å²) in [7, 11) is 0. The molecule has 154 valence electrons. The first kappa shape index (κ1) is 20.0. The zero-order chi connectivity index (χ0) is 21.3. The van der Waals surface area contributed by atoms with Crippen LogP contribution < -0.4 is 15.8 Å². The monoisotopic (exact) mass is 430 g/mol. The van der Waals surface area contributed by atoms with E-state index in [1.54, 1.807) is 4.90 Å². The van der Waals surface area contributed by atoms with Crippen LogP contribution in [0.4, 0.5) is 20.2 Å². The Balaban J connectivity index is 1.53. The van der Waals surface area contributed by atoms with E-state index in [9.17, 15) is 18.4 Å². The quantitative estimate of drug-likeness (QED) is 0.687. The van der Waals surface area contributed by atoms with Gasteiger partial charge in [-0.2, -0.15) is 9.78 Å². The summed E-state index contributed by atoms with van der Waals surface area (Å²) < 4.78 is 27.8. The molecule has 0 aliphatic carbocycles. The molecule has 1 aliphatic rings. The molecule has 0 radical (unpaired) electrons.